The number of nitrogens with one attached hydrogen (secondary N) is 2. The lowest BCUT2D eigenvalue weighted by Gasteiger charge is -2.17. The molecule has 1 heterocycles. The molecule has 0 aliphatic heterocycles. The third-order valence-electron chi connectivity index (χ3n) is 4.16. The second-order valence-corrected chi connectivity index (χ2v) is 6.05. The van der Waals surface area contributed by atoms with Gasteiger partial charge in [0.15, 0.2) is 0 Å². The molecule has 1 aromatic carbocycles. The van der Waals surface area contributed by atoms with Crippen LogP contribution in [0.25, 0.3) is 5.69 Å². The average Bonchev–Trinajstić information content (AvgIpc) is 3.27. The van der Waals surface area contributed by atoms with Gasteiger partial charge in [-0.25, -0.2) is 9.78 Å². The molecule has 2 aromatic rings. The molecule has 1 aliphatic carbocycles. The van der Waals surface area contributed by atoms with Gasteiger partial charge in [-0.2, -0.15) is 0 Å². The van der Waals surface area contributed by atoms with E-state index in [0.29, 0.717) is 12.5 Å². The summed E-state index contributed by atoms with van der Waals surface area (Å²) in [6.07, 6.45) is 7.03. The van der Waals surface area contributed by atoms with Gasteiger partial charge in [0, 0.05) is 24.6 Å². The molecular formula is C17H22N4O2. The molecule has 23 heavy (non-hydrogen) atoms. The first-order valence-electron chi connectivity index (χ1n) is 7.94. The van der Waals surface area contributed by atoms with Crippen molar-refractivity contribution < 1.29 is 9.90 Å². The van der Waals surface area contributed by atoms with Crippen LogP contribution in [0, 0.1) is 5.92 Å². The Balaban J connectivity index is 1.56. The number of nitrogens with zero attached hydrogens (tertiary/aromatic N) is 2. The van der Waals surface area contributed by atoms with Crippen molar-refractivity contribution in [1.29, 1.82) is 0 Å². The fraction of sp³-hybridized carbons (Fsp3) is 0.412. The monoisotopic (exact) mass is 314 g/mol. The first-order chi connectivity index (χ1) is 11.1. The van der Waals surface area contributed by atoms with Gasteiger partial charge in [0.25, 0.3) is 0 Å². The highest BCUT2D eigenvalue weighted by molar-refractivity contribution is 5.74. The third-order valence-corrected chi connectivity index (χ3v) is 4.16. The van der Waals surface area contributed by atoms with Gasteiger partial charge in [-0.15, -0.1) is 0 Å². The van der Waals surface area contributed by atoms with Crippen molar-refractivity contribution in [2.75, 3.05) is 6.54 Å². The van der Waals surface area contributed by atoms with Crippen molar-refractivity contribution in [2.45, 2.75) is 31.9 Å². The lowest BCUT2D eigenvalue weighted by molar-refractivity contribution is 0.149. The highest BCUT2D eigenvalue weighted by Crippen LogP contribution is 2.32. The fourth-order valence-electron chi connectivity index (χ4n) is 2.54. The van der Waals surface area contributed by atoms with Crippen LogP contribution < -0.4 is 10.6 Å². The Bertz CT molecular complexity index is 652. The molecule has 0 spiro atoms. The first kappa shape index (κ1) is 15.6. The number of aliphatic hydroxyl groups excluding tert-OH is 1. The maximum Gasteiger partial charge on any atom is 0.315 e. The first-order valence-corrected chi connectivity index (χ1v) is 7.94. The Labute approximate surface area is 135 Å². The van der Waals surface area contributed by atoms with Crippen molar-refractivity contribution in [3.05, 3.63) is 48.5 Å². The second kappa shape index (κ2) is 6.83. The van der Waals surface area contributed by atoms with Crippen LogP contribution in [-0.4, -0.2) is 33.3 Å². The molecule has 1 saturated carbocycles. The number of benzene rings is 1. The maximum atomic E-state index is 11.9. The van der Waals surface area contributed by atoms with Crippen LogP contribution in [0.1, 0.15) is 31.4 Å². The summed E-state index contributed by atoms with van der Waals surface area (Å²) in [6, 6.07) is 7.55. The number of carbonyl (C=O) groups excluding carboxylic acids is 1. The van der Waals surface area contributed by atoms with Crippen molar-refractivity contribution in [3.63, 3.8) is 0 Å². The largest absolute Gasteiger partial charge is 0.391 e. The molecule has 0 radical (unpaired) electrons. The zero-order chi connectivity index (χ0) is 16.2. The van der Waals surface area contributed by atoms with Gasteiger partial charge >= 0.3 is 6.03 Å². The van der Waals surface area contributed by atoms with E-state index in [1.54, 1.807) is 12.5 Å². The summed E-state index contributed by atoms with van der Waals surface area (Å²) in [4.78, 5) is 16.0. The number of aromatic nitrogens is 2. The Kier molecular flexibility index (Phi) is 4.62. The standard InChI is InChI=1S/C17H22N4O2/c1-12(20-17(23)19-10-16(22)13-5-6-13)14-3-2-4-15(9-14)21-8-7-18-11-21/h2-4,7-9,11-13,16,22H,5-6,10H2,1H3,(H2,19,20,23)/t12-,16+/m1/s1. The molecule has 6 nitrogen and oxygen atoms in total. The van der Waals surface area contributed by atoms with E-state index in [0.717, 1.165) is 24.1 Å². The average molecular weight is 314 g/mol. The summed E-state index contributed by atoms with van der Waals surface area (Å²) in [5.41, 5.74) is 2.01. The summed E-state index contributed by atoms with van der Waals surface area (Å²) in [5.74, 6) is 0.361. The van der Waals surface area contributed by atoms with Gasteiger partial charge in [0.2, 0.25) is 0 Å². The molecule has 6 heteroatoms. The third kappa shape index (κ3) is 4.10. The molecular weight excluding hydrogens is 292 g/mol. The predicted octanol–water partition coefficient (Wildman–Crippen LogP) is 2.00. The van der Waals surface area contributed by atoms with Gasteiger partial charge in [0.1, 0.15) is 0 Å². The van der Waals surface area contributed by atoms with Gasteiger partial charge < -0.3 is 20.3 Å². The van der Waals surface area contributed by atoms with E-state index in [4.69, 9.17) is 0 Å². The van der Waals surface area contributed by atoms with Crippen LogP contribution in [0.4, 0.5) is 4.79 Å². The highest BCUT2D eigenvalue weighted by atomic mass is 16.3. The van der Waals surface area contributed by atoms with E-state index >= 15 is 0 Å². The molecule has 0 bridgehead atoms. The Morgan fingerprint density at radius 1 is 1.48 bits per heavy atom. The zero-order valence-corrected chi connectivity index (χ0v) is 13.1. The minimum absolute atomic E-state index is 0.128. The van der Waals surface area contributed by atoms with E-state index < -0.39 is 6.10 Å². The van der Waals surface area contributed by atoms with Gasteiger partial charge in [-0.1, -0.05) is 12.1 Å². The van der Waals surface area contributed by atoms with E-state index in [9.17, 15) is 9.90 Å². The minimum Gasteiger partial charge on any atom is -0.391 e. The lowest BCUT2D eigenvalue weighted by Crippen LogP contribution is -2.41. The van der Waals surface area contributed by atoms with Crippen molar-refractivity contribution in [1.82, 2.24) is 20.2 Å². The molecule has 0 saturated heterocycles. The van der Waals surface area contributed by atoms with Gasteiger partial charge in [-0.05, 0) is 43.4 Å². The SMILES string of the molecule is C[C@@H](NC(=O)NC[C@H](O)C1CC1)c1cccc(-n2ccnc2)c1. The summed E-state index contributed by atoms with van der Waals surface area (Å²) < 4.78 is 1.92. The van der Waals surface area contributed by atoms with E-state index in [1.807, 2.05) is 42.0 Å². The number of hydrogen-bond acceptors (Lipinski definition) is 3. The summed E-state index contributed by atoms with van der Waals surface area (Å²) >= 11 is 0. The number of hydrogen-bond donors (Lipinski definition) is 3. The van der Waals surface area contributed by atoms with Crippen LogP contribution in [0.2, 0.25) is 0 Å². The molecule has 1 fully saturated rings. The van der Waals surface area contributed by atoms with Crippen LogP contribution in [0.15, 0.2) is 43.0 Å². The molecule has 3 N–H and O–H groups in total. The molecule has 122 valence electrons. The number of rotatable bonds is 6. The van der Waals surface area contributed by atoms with E-state index in [1.165, 1.54) is 0 Å². The van der Waals surface area contributed by atoms with Crippen LogP contribution >= 0.6 is 0 Å². The molecule has 1 aromatic heterocycles. The molecule has 0 unspecified atom stereocenters. The van der Waals surface area contributed by atoms with Crippen LogP contribution in [0.3, 0.4) is 0 Å². The van der Waals surface area contributed by atoms with E-state index in [-0.39, 0.29) is 12.1 Å². The minimum atomic E-state index is -0.430. The Morgan fingerprint density at radius 3 is 3.00 bits per heavy atom. The Hall–Kier alpha value is -2.34. The summed E-state index contributed by atoms with van der Waals surface area (Å²) in [7, 11) is 0. The van der Waals surface area contributed by atoms with Crippen molar-refractivity contribution in [2.24, 2.45) is 5.92 Å². The lowest BCUT2D eigenvalue weighted by atomic mass is 10.1. The number of aliphatic hydroxyl groups is 1. The normalized spacial score (nSPS) is 16.6. The highest BCUT2D eigenvalue weighted by Gasteiger charge is 2.29. The number of amides is 2. The molecule has 2 amide bonds. The van der Waals surface area contributed by atoms with Crippen LogP contribution in [0.5, 0.6) is 0 Å². The predicted molar refractivity (Wildman–Crippen MR) is 87.2 cm³/mol. The van der Waals surface area contributed by atoms with Crippen LogP contribution in [-0.2, 0) is 0 Å². The number of urea groups is 1. The van der Waals surface area contributed by atoms with Crippen molar-refractivity contribution >= 4 is 6.03 Å². The summed E-state index contributed by atoms with van der Waals surface area (Å²) in [6.45, 7) is 2.24. The van der Waals surface area contributed by atoms with Gasteiger partial charge in [0.05, 0.1) is 18.5 Å². The number of carbonyl (C=O) groups is 1. The molecule has 2 atom stereocenters. The Morgan fingerprint density at radius 2 is 2.30 bits per heavy atom. The van der Waals surface area contributed by atoms with Gasteiger partial charge in [-0.3, -0.25) is 0 Å². The van der Waals surface area contributed by atoms with E-state index in [2.05, 4.69) is 15.6 Å². The quantitative estimate of drug-likeness (QED) is 0.763. The second-order valence-electron chi connectivity index (χ2n) is 6.05. The molecule has 1 aliphatic rings. The summed E-state index contributed by atoms with van der Waals surface area (Å²) in [5, 5.41) is 15.4. The maximum absolute atomic E-state index is 11.9. The van der Waals surface area contributed by atoms with Crippen molar-refractivity contribution in [3.8, 4) is 5.69 Å². The number of imidazole rings is 1. The fourth-order valence-corrected chi connectivity index (χ4v) is 2.54. The smallest absolute Gasteiger partial charge is 0.315 e. The zero-order valence-electron chi connectivity index (χ0n) is 13.1. The topological polar surface area (TPSA) is 79.2 Å². The molecule has 3 rings (SSSR count).